The van der Waals surface area contributed by atoms with E-state index < -0.39 is 17.8 Å². The minimum Gasteiger partial charge on any atom is -0.478 e. The van der Waals surface area contributed by atoms with Gasteiger partial charge >= 0.3 is 5.97 Å². The molecule has 3 aromatic heterocycles. The van der Waals surface area contributed by atoms with Crippen molar-refractivity contribution in [3.8, 4) is 0 Å². The van der Waals surface area contributed by atoms with Gasteiger partial charge in [-0.3, -0.25) is 9.78 Å². The lowest BCUT2D eigenvalue weighted by atomic mass is 9.80. The molecule has 3 N–H and O–H groups in total. The van der Waals surface area contributed by atoms with E-state index in [0.29, 0.717) is 40.9 Å². The van der Waals surface area contributed by atoms with Gasteiger partial charge in [0.05, 0.1) is 42.1 Å². The Morgan fingerprint density at radius 2 is 1.90 bits per heavy atom. The third-order valence-corrected chi connectivity index (χ3v) is 7.03. The fourth-order valence-electron chi connectivity index (χ4n) is 4.92. The number of hydrogen-bond donors (Lipinski definition) is 3. The number of rotatable bonds is 9. The fraction of sp³-hybridized carbons (Fsp3) is 0.207. The molecule has 0 radical (unpaired) electrons. The number of carboxylic acids is 1. The number of nitrogens with one attached hydrogen (secondary N) is 2. The highest BCUT2D eigenvalue weighted by atomic mass is 35.5. The van der Waals surface area contributed by atoms with Crippen LogP contribution in [0.5, 0.6) is 0 Å². The average molecular weight is 559 g/mol. The van der Waals surface area contributed by atoms with Crippen LogP contribution < -0.4 is 10.6 Å². The third kappa shape index (κ3) is 5.45. The van der Waals surface area contributed by atoms with Crippen LogP contribution in [0.4, 0.5) is 5.82 Å². The van der Waals surface area contributed by atoms with Gasteiger partial charge in [0, 0.05) is 35.2 Å². The number of aliphatic carboxylic acids is 1. The number of nitrogens with zero attached hydrogens (tertiary/aromatic N) is 4. The summed E-state index contributed by atoms with van der Waals surface area (Å²) in [5, 5.41) is 16.6. The highest BCUT2D eigenvalue weighted by molar-refractivity contribution is 6.31. The number of aromatic nitrogens is 4. The van der Waals surface area contributed by atoms with Crippen LogP contribution in [0.15, 0.2) is 89.7 Å². The number of ether oxygens (including phenoxy) is 1. The summed E-state index contributed by atoms with van der Waals surface area (Å²) in [7, 11) is 0. The first-order valence-electron chi connectivity index (χ1n) is 12.6. The van der Waals surface area contributed by atoms with Gasteiger partial charge in [-0.05, 0) is 43.7 Å². The SMILES string of the molecule is CC1=C(C(=O)Nc2ccccn2)C(c2ccccc2Cl)C(C(=O)O)=C(COCCn2c(C)nc3cnccc32)N1. The Labute approximate surface area is 235 Å². The average Bonchev–Trinajstić information content (AvgIpc) is 3.26. The van der Waals surface area contributed by atoms with E-state index in [9.17, 15) is 14.7 Å². The molecule has 0 saturated heterocycles. The summed E-state index contributed by atoms with van der Waals surface area (Å²) < 4.78 is 7.99. The largest absolute Gasteiger partial charge is 0.478 e. The molecule has 1 unspecified atom stereocenters. The summed E-state index contributed by atoms with van der Waals surface area (Å²) in [4.78, 5) is 39.0. The summed E-state index contributed by atoms with van der Waals surface area (Å²) in [5.74, 6) is -1.44. The summed E-state index contributed by atoms with van der Waals surface area (Å²) in [6, 6.07) is 13.9. The van der Waals surface area contributed by atoms with Gasteiger partial charge in [0.1, 0.15) is 17.2 Å². The topological polar surface area (TPSA) is 131 Å². The molecule has 10 nitrogen and oxygen atoms in total. The van der Waals surface area contributed by atoms with Crippen LogP contribution in [0.2, 0.25) is 5.02 Å². The number of imidazole rings is 1. The number of hydrogen-bond acceptors (Lipinski definition) is 7. The van der Waals surface area contributed by atoms with Crippen molar-refractivity contribution >= 4 is 40.3 Å². The fourth-order valence-corrected chi connectivity index (χ4v) is 5.16. The molecule has 0 aliphatic carbocycles. The maximum absolute atomic E-state index is 13.5. The molecule has 40 heavy (non-hydrogen) atoms. The first-order chi connectivity index (χ1) is 19.3. The number of aryl methyl sites for hydroxylation is 1. The number of carbonyl (C=O) groups is 2. The molecule has 1 aliphatic rings. The van der Waals surface area contributed by atoms with Crippen molar-refractivity contribution in [3.05, 3.63) is 106 Å². The van der Waals surface area contributed by atoms with Crippen LogP contribution in [0.3, 0.4) is 0 Å². The molecule has 4 aromatic rings. The van der Waals surface area contributed by atoms with Gasteiger partial charge in [0.2, 0.25) is 0 Å². The number of allylic oxidation sites excluding steroid dienone is 1. The van der Waals surface area contributed by atoms with Gasteiger partial charge in [-0.25, -0.2) is 14.8 Å². The minimum atomic E-state index is -1.18. The van der Waals surface area contributed by atoms with E-state index in [0.717, 1.165) is 16.9 Å². The monoisotopic (exact) mass is 558 g/mol. The number of carbonyl (C=O) groups excluding carboxylic acids is 1. The van der Waals surface area contributed by atoms with Crippen molar-refractivity contribution in [2.75, 3.05) is 18.5 Å². The van der Waals surface area contributed by atoms with Gasteiger partial charge in [-0.15, -0.1) is 0 Å². The van der Waals surface area contributed by atoms with Crippen molar-refractivity contribution in [2.45, 2.75) is 26.3 Å². The second-order valence-corrected chi connectivity index (χ2v) is 9.62. The molecule has 204 valence electrons. The van der Waals surface area contributed by atoms with Crippen molar-refractivity contribution < 1.29 is 19.4 Å². The second kappa shape index (κ2) is 11.7. The molecule has 11 heteroatoms. The Kier molecular flexibility index (Phi) is 7.90. The number of anilines is 1. The Bertz CT molecular complexity index is 1650. The summed E-state index contributed by atoms with van der Waals surface area (Å²) in [6.07, 6.45) is 4.98. The lowest BCUT2D eigenvalue weighted by Crippen LogP contribution is -2.35. The molecule has 1 aromatic carbocycles. The molecule has 1 atom stereocenters. The molecule has 0 fully saturated rings. The normalized spacial score (nSPS) is 15.3. The number of amides is 1. The third-order valence-electron chi connectivity index (χ3n) is 6.69. The van der Waals surface area contributed by atoms with E-state index >= 15 is 0 Å². The van der Waals surface area contributed by atoms with Crippen molar-refractivity contribution in [1.82, 2.24) is 24.8 Å². The lowest BCUT2D eigenvalue weighted by Gasteiger charge is -2.31. The molecule has 0 saturated carbocycles. The van der Waals surface area contributed by atoms with E-state index in [1.807, 2.05) is 17.6 Å². The Hall–Kier alpha value is -4.54. The van der Waals surface area contributed by atoms with E-state index in [4.69, 9.17) is 16.3 Å². The predicted octanol–water partition coefficient (Wildman–Crippen LogP) is 4.44. The Balaban J connectivity index is 1.43. The highest BCUT2D eigenvalue weighted by Crippen LogP contribution is 2.41. The van der Waals surface area contributed by atoms with Crippen LogP contribution >= 0.6 is 11.6 Å². The second-order valence-electron chi connectivity index (χ2n) is 9.21. The highest BCUT2D eigenvalue weighted by Gasteiger charge is 2.38. The van der Waals surface area contributed by atoms with Gasteiger partial charge < -0.3 is 25.0 Å². The minimum absolute atomic E-state index is 0.0116. The van der Waals surface area contributed by atoms with E-state index in [2.05, 4.69) is 25.6 Å². The van der Waals surface area contributed by atoms with Crippen LogP contribution in [-0.4, -0.2) is 49.7 Å². The van der Waals surface area contributed by atoms with Gasteiger partial charge in [0.15, 0.2) is 0 Å². The van der Waals surface area contributed by atoms with Gasteiger partial charge in [-0.1, -0.05) is 35.9 Å². The maximum atomic E-state index is 13.5. The van der Waals surface area contributed by atoms with Crippen molar-refractivity contribution in [2.24, 2.45) is 0 Å². The predicted molar refractivity (Wildman–Crippen MR) is 151 cm³/mol. The smallest absolute Gasteiger partial charge is 0.334 e. The Morgan fingerprint density at radius 1 is 1.10 bits per heavy atom. The maximum Gasteiger partial charge on any atom is 0.334 e. The number of carboxylic acid groups (broad SMARTS) is 1. The standard InChI is InChI=1S/C29H27ClN6O4/c1-17-25(28(37)35-24-9-5-6-11-32-24)26(19-7-3-4-8-20(19)30)27(29(38)39)22(33-17)16-40-14-13-36-18(2)34-21-15-31-12-10-23(21)36/h3-12,15,26,33H,13-14,16H2,1-2H3,(H,38,39)(H,32,35,37). The Morgan fingerprint density at radius 3 is 2.65 bits per heavy atom. The zero-order valence-electron chi connectivity index (χ0n) is 21.9. The van der Waals surface area contributed by atoms with Crippen molar-refractivity contribution in [1.29, 1.82) is 0 Å². The number of benzene rings is 1. The summed E-state index contributed by atoms with van der Waals surface area (Å²) >= 11 is 6.55. The van der Waals surface area contributed by atoms with Gasteiger partial charge in [-0.2, -0.15) is 0 Å². The first-order valence-corrected chi connectivity index (χ1v) is 13.0. The first kappa shape index (κ1) is 27.0. The number of halogens is 1. The zero-order valence-corrected chi connectivity index (χ0v) is 22.6. The van der Waals surface area contributed by atoms with Crippen LogP contribution in [0.25, 0.3) is 11.0 Å². The summed E-state index contributed by atoms with van der Waals surface area (Å²) in [5.41, 5.74) is 3.30. The van der Waals surface area contributed by atoms with Gasteiger partial charge in [0.25, 0.3) is 5.91 Å². The molecule has 4 heterocycles. The molecule has 0 bridgehead atoms. The number of pyridine rings is 2. The van der Waals surface area contributed by atoms with E-state index in [1.165, 1.54) is 0 Å². The zero-order chi connectivity index (χ0) is 28.2. The van der Waals surface area contributed by atoms with Crippen LogP contribution in [0.1, 0.15) is 24.2 Å². The molecular weight excluding hydrogens is 532 g/mol. The quantitative estimate of drug-likeness (QED) is 0.257. The molecule has 0 spiro atoms. The van der Waals surface area contributed by atoms with E-state index in [-0.39, 0.29) is 17.8 Å². The lowest BCUT2D eigenvalue weighted by molar-refractivity contribution is -0.133. The molecule has 5 rings (SSSR count). The number of dihydropyridines is 1. The molecule has 1 amide bonds. The molecular formula is C29H27ClN6O4. The number of fused-ring (bicyclic) bond motifs is 1. The van der Waals surface area contributed by atoms with E-state index in [1.54, 1.807) is 68.0 Å². The van der Waals surface area contributed by atoms with Crippen LogP contribution in [-0.2, 0) is 20.9 Å². The van der Waals surface area contributed by atoms with Crippen molar-refractivity contribution in [3.63, 3.8) is 0 Å². The molecule has 1 aliphatic heterocycles. The summed E-state index contributed by atoms with van der Waals surface area (Å²) in [6.45, 7) is 4.45. The van der Waals surface area contributed by atoms with Crippen LogP contribution in [0, 0.1) is 6.92 Å².